The number of aromatic nitrogens is 2. The lowest BCUT2D eigenvalue weighted by atomic mass is 10.2. The summed E-state index contributed by atoms with van der Waals surface area (Å²) in [4.78, 5) is 0. The maximum absolute atomic E-state index is 9.16. The number of aliphatic hydroxyl groups is 1. The Bertz CT molecular complexity index is 581. The minimum absolute atomic E-state index is 0.138. The predicted octanol–water partition coefficient (Wildman–Crippen LogP) is 2.20. The van der Waals surface area contributed by atoms with E-state index >= 15 is 0 Å². The van der Waals surface area contributed by atoms with Crippen molar-refractivity contribution in [2.45, 2.75) is 13.5 Å². The van der Waals surface area contributed by atoms with Crippen LogP contribution in [0.2, 0.25) is 5.15 Å². The van der Waals surface area contributed by atoms with Crippen molar-refractivity contribution >= 4 is 11.6 Å². The van der Waals surface area contributed by atoms with Gasteiger partial charge in [0, 0.05) is 5.56 Å². The molecule has 2 rings (SSSR count). The molecule has 86 valence electrons. The Balaban J connectivity index is 2.50. The molecule has 0 aliphatic carbocycles. The molecule has 17 heavy (non-hydrogen) atoms. The second kappa shape index (κ2) is 4.58. The lowest BCUT2D eigenvalue weighted by Gasteiger charge is -2.02. The largest absolute Gasteiger partial charge is 0.391 e. The molecule has 0 saturated heterocycles. The van der Waals surface area contributed by atoms with Crippen LogP contribution >= 0.6 is 11.6 Å². The van der Waals surface area contributed by atoms with Gasteiger partial charge in [0.25, 0.3) is 0 Å². The van der Waals surface area contributed by atoms with Crippen molar-refractivity contribution in [2.75, 3.05) is 0 Å². The van der Waals surface area contributed by atoms with Crippen LogP contribution in [0.15, 0.2) is 24.3 Å². The fourth-order valence-electron chi connectivity index (χ4n) is 1.56. The van der Waals surface area contributed by atoms with Gasteiger partial charge in [-0.1, -0.05) is 11.6 Å². The summed E-state index contributed by atoms with van der Waals surface area (Å²) >= 11 is 6.11. The Labute approximate surface area is 104 Å². The summed E-state index contributed by atoms with van der Waals surface area (Å²) in [6.45, 7) is 1.65. The number of rotatable bonds is 2. The van der Waals surface area contributed by atoms with E-state index in [9.17, 15) is 0 Å². The maximum atomic E-state index is 9.16. The van der Waals surface area contributed by atoms with Crippen molar-refractivity contribution in [1.29, 1.82) is 5.26 Å². The molecule has 0 radical (unpaired) electrons. The van der Waals surface area contributed by atoms with Crippen LogP contribution in [-0.2, 0) is 6.61 Å². The second-order valence-corrected chi connectivity index (χ2v) is 3.94. The number of nitrogens with zero attached hydrogens (tertiary/aromatic N) is 3. The van der Waals surface area contributed by atoms with Crippen molar-refractivity contribution in [3.63, 3.8) is 0 Å². The van der Waals surface area contributed by atoms with Crippen molar-refractivity contribution in [3.05, 3.63) is 46.2 Å². The number of benzene rings is 1. The van der Waals surface area contributed by atoms with E-state index in [1.807, 2.05) is 6.07 Å². The first-order chi connectivity index (χ1) is 8.17. The lowest BCUT2D eigenvalue weighted by Crippen LogP contribution is -1.96. The molecule has 0 aliphatic rings. The fraction of sp³-hybridized carbons (Fsp3) is 0.167. The van der Waals surface area contributed by atoms with E-state index in [0.717, 1.165) is 5.69 Å². The molecule has 0 aliphatic heterocycles. The number of hydrogen-bond acceptors (Lipinski definition) is 3. The topological polar surface area (TPSA) is 61.8 Å². The minimum atomic E-state index is -0.138. The summed E-state index contributed by atoms with van der Waals surface area (Å²) in [6.07, 6.45) is 0. The highest BCUT2D eigenvalue weighted by Gasteiger charge is 2.13. The quantitative estimate of drug-likeness (QED) is 0.885. The molecule has 1 aromatic heterocycles. The first kappa shape index (κ1) is 11.6. The zero-order valence-corrected chi connectivity index (χ0v) is 9.94. The van der Waals surface area contributed by atoms with Gasteiger partial charge in [0.15, 0.2) is 0 Å². The summed E-state index contributed by atoms with van der Waals surface area (Å²) in [6, 6.07) is 8.96. The van der Waals surface area contributed by atoms with Crippen LogP contribution in [0.5, 0.6) is 0 Å². The molecule has 0 unspecified atom stereocenters. The zero-order chi connectivity index (χ0) is 12.4. The zero-order valence-electron chi connectivity index (χ0n) is 9.18. The van der Waals surface area contributed by atoms with Gasteiger partial charge in [0.2, 0.25) is 0 Å². The monoisotopic (exact) mass is 247 g/mol. The molecular formula is C12H10ClN3O. The molecule has 5 heteroatoms. The Morgan fingerprint density at radius 3 is 2.53 bits per heavy atom. The van der Waals surface area contributed by atoms with Crippen LogP contribution in [0.4, 0.5) is 0 Å². The van der Waals surface area contributed by atoms with E-state index < -0.39 is 0 Å². The van der Waals surface area contributed by atoms with E-state index in [0.29, 0.717) is 22.0 Å². The minimum Gasteiger partial charge on any atom is -0.391 e. The number of aliphatic hydroxyl groups excluding tert-OH is 1. The fourth-order valence-corrected chi connectivity index (χ4v) is 1.89. The third kappa shape index (κ3) is 2.03. The van der Waals surface area contributed by atoms with Crippen LogP contribution in [0.3, 0.4) is 0 Å². The molecule has 0 atom stereocenters. The smallest absolute Gasteiger partial charge is 0.138 e. The third-order valence-electron chi connectivity index (χ3n) is 2.52. The maximum Gasteiger partial charge on any atom is 0.138 e. The van der Waals surface area contributed by atoms with Crippen LogP contribution in [0.25, 0.3) is 5.69 Å². The molecule has 1 aromatic carbocycles. The lowest BCUT2D eigenvalue weighted by molar-refractivity contribution is 0.281. The summed E-state index contributed by atoms with van der Waals surface area (Å²) in [5.41, 5.74) is 2.66. The summed E-state index contributed by atoms with van der Waals surface area (Å²) in [5.74, 6) is 0. The molecule has 0 bridgehead atoms. The third-order valence-corrected chi connectivity index (χ3v) is 2.91. The Hall–Kier alpha value is -1.83. The van der Waals surface area contributed by atoms with Gasteiger partial charge in [-0.05, 0) is 31.2 Å². The highest BCUT2D eigenvalue weighted by Crippen LogP contribution is 2.23. The summed E-state index contributed by atoms with van der Waals surface area (Å²) in [5, 5.41) is 22.5. The van der Waals surface area contributed by atoms with Gasteiger partial charge in [0.1, 0.15) is 5.15 Å². The van der Waals surface area contributed by atoms with E-state index in [2.05, 4.69) is 5.10 Å². The van der Waals surface area contributed by atoms with E-state index in [-0.39, 0.29) is 6.61 Å². The average molecular weight is 248 g/mol. The van der Waals surface area contributed by atoms with E-state index in [1.54, 1.807) is 35.9 Å². The first-order valence-electron chi connectivity index (χ1n) is 5.02. The molecule has 0 spiro atoms. The molecule has 1 N–H and O–H groups in total. The Morgan fingerprint density at radius 2 is 2.06 bits per heavy atom. The average Bonchev–Trinajstić information content (AvgIpc) is 2.64. The number of nitriles is 1. The first-order valence-corrected chi connectivity index (χ1v) is 5.40. The molecular weight excluding hydrogens is 238 g/mol. The summed E-state index contributed by atoms with van der Waals surface area (Å²) in [7, 11) is 0. The van der Waals surface area contributed by atoms with Crippen molar-refractivity contribution in [1.82, 2.24) is 9.78 Å². The normalized spacial score (nSPS) is 10.2. The SMILES string of the molecule is Cc1nn(-c2ccc(C#N)cc2)c(Cl)c1CO. The van der Waals surface area contributed by atoms with Gasteiger partial charge >= 0.3 is 0 Å². The van der Waals surface area contributed by atoms with Gasteiger partial charge < -0.3 is 5.11 Å². The van der Waals surface area contributed by atoms with Crippen LogP contribution in [-0.4, -0.2) is 14.9 Å². The van der Waals surface area contributed by atoms with Crippen molar-refractivity contribution in [3.8, 4) is 11.8 Å². The Morgan fingerprint density at radius 1 is 1.41 bits per heavy atom. The van der Waals surface area contributed by atoms with Gasteiger partial charge in [0.05, 0.1) is 29.6 Å². The second-order valence-electron chi connectivity index (χ2n) is 3.58. The summed E-state index contributed by atoms with van der Waals surface area (Å²) < 4.78 is 1.55. The molecule has 1 heterocycles. The number of aryl methyl sites for hydroxylation is 1. The highest BCUT2D eigenvalue weighted by atomic mass is 35.5. The molecule has 0 fully saturated rings. The van der Waals surface area contributed by atoms with E-state index in [1.165, 1.54) is 0 Å². The highest BCUT2D eigenvalue weighted by molar-refractivity contribution is 6.30. The molecule has 4 nitrogen and oxygen atoms in total. The molecule has 0 saturated carbocycles. The Kier molecular flexibility index (Phi) is 3.14. The van der Waals surface area contributed by atoms with Gasteiger partial charge in [-0.25, -0.2) is 4.68 Å². The van der Waals surface area contributed by atoms with Crippen molar-refractivity contribution in [2.24, 2.45) is 0 Å². The number of halogens is 1. The van der Waals surface area contributed by atoms with Gasteiger partial charge in [-0.2, -0.15) is 10.4 Å². The molecule has 2 aromatic rings. The van der Waals surface area contributed by atoms with Crippen LogP contribution in [0, 0.1) is 18.3 Å². The number of hydrogen-bond donors (Lipinski definition) is 1. The van der Waals surface area contributed by atoms with Gasteiger partial charge in [-0.3, -0.25) is 0 Å². The van der Waals surface area contributed by atoms with Crippen LogP contribution in [0.1, 0.15) is 16.8 Å². The van der Waals surface area contributed by atoms with Gasteiger partial charge in [-0.15, -0.1) is 0 Å². The predicted molar refractivity (Wildman–Crippen MR) is 63.9 cm³/mol. The van der Waals surface area contributed by atoms with Crippen molar-refractivity contribution < 1.29 is 5.11 Å². The van der Waals surface area contributed by atoms with Crippen LogP contribution < -0.4 is 0 Å². The molecule has 0 amide bonds. The van der Waals surface area contributed by atoms with E-state index in [4.69, 9.17) is 22.0 Å². The standard InChI is InChI=1S/C12H10ClN3O/c1-8-11(7-17)12(13)16(15-8)10-4-2-9(6-14)3-5-10/h2-5,17H,7H2,1H3.